The third-order valence-electron chi connectivity index (χ3n) is 4.42. The lowest BCUT2D eigenvalue weighted by molar-refractivity contribution is 0.171. The zero-order valence-electron chi connectivity index (χ0n) is 13.9. The van der Waals surface area contributed by atoms with Crippen LogP contribution in [0.25, 0.3) is 11.5 Å². The molecule has 1 aliphatic heterocycles. The van der Waals surface area contributed by atoms with Gasteiger partial charge >= 0.3 is 0 Å². The Bertz CT molecular complexity index is 866. The van der Waals surface area contributed by atoms with Crippen LogP contribution in [-0.4, -0.2) is 28.2 Å². The van der Waals surface area contributed by atoms with Crippen LogP contribution in [0.15, 0.2) is 53.1 Å². The Kier molecular flexibility index (Phi) is 4.19. The first-order valence-electron chi connectivity index (χ1n) is 8.25. The normalized spacial score (nSPS) is 15.9. The summed E-state index contributed by atoms with van der Waals surface area (Å²) in [6.45, 7) is 3.83. The Labute approximate surface area is 145 Å². The molecule has 0 saturated carbocycles. The number of ether oxygens (including phenoxy) is 1. The highest BCUT2D eigenvalue weighted by Gasteiger charge is 2.25. The molecule has 2 aromatic carbocycles. The minimum absolute atomic E-state index is 0.0703. The van der Waals surface area contributed by atoms with Gasteiger partial charge < -0.3 is 9.26 Å². The molecule has 0 radical (unpaired) electrons. The highest BCUT2D eigenvalue weighted by atomic mass is 19.1. The van der Waals surface area contributed by atoms with Crippen molar-refractivity contribution < 1.29 is 13.7 Å². The van der Waals surface area contributed by atoms with Crippen molar-refractivity contribution in [2.75, 3.05) is 13.2 Å². The molecule has 25 heavy (non-hydrogen) atoms. The minimum Gasteiger partial charge on any atom is -0.492 e. The Morgan fingerprint density at radius 1 is 1.16 bits per heavy atom. The van der Waals surface area contributed by atoms with E-state index in [4.69, 9.17) is 9.26 Å². The van der Waals surface area contributed by atoms with E-state index in [1.165, 1.54) is 12.1 Å². The Morgan fingerprint density at radius 2 is 2.00 bits per heavy atom. The molecule has 1 atom stereocenters. The third-order valence-corrected chi connectivity index (χ3v) is 4.42. The summed E-state index contributed by atoms with van der Waals surface area (Å²) in [6.07, 6.45) is 0. The maximum absolute atomic E-state index is 13.6. The predicted octanol–water partition coefficient (Wildman–Crippen LogP) is 3.83. The zero-order valence-corrected chi connectivity index (χ0v) is 13.9. The molecule has 6 heteroatoms. The van der Waals surface area contributed by atoms with E-state index in [1.54, 1.807) is 6.07 Å². The van der Waals surface area contributed by atoms with Crippen molar-refractivity contribution in [3.05, 3.63) is 65.7 Å². The molecule has 1 aromatic heterocycles. The molecule has 4 rings (SSSR count). The fraction of sp³-hybridized carbons (Fsp3) is 0.263. The summed E-state index contributed by atoms with van der Waals surface area (Å²) in [5, 5.41) is 4.13. The van der Waals surface area contributed by atoms with Gasteiger partial charge in [0.1, 0.15) is 18.2 Å². The van der Waals surface area contributed by atoms with E-state index in [1.807, 2.05) is 37.3 Å². The maximum Gasteiger partial charge on any atom is 0.257 e. The van der Waals surface area contributed by atoms with Crippen LogP contribution in [0.2, 0.25) is 0 Å². The minimum atomic E-state index is -0.261. The molecule has 128 valence electrons. The van der Waals surface area contributed by atoms with Crippen molar-refractivity contribution in [2.24, 2.45) is 0 Å². The molecule has 1 aliphatic rings. The van der Waals surface area contributed by atoms with E-state index in [2.05, 4.69) is 15.0 Å². The van der Waals surface area contributed by atoms with Crippen LogP contribution in [0, 0.1) is 5.82 Å². The van der Waals surface area contributed by atoms with Gasteiger partial charge in [0, 0.05) is 24.2 Å². The molecule has 0 spiro atoms. The lowest BCUT2D eigenvalue weighted by atomic mass is 10.1. The molecule has 2 heterocycles. The quantitative estimate of drug-likeness (QED) is 0.726. The van der Waals surface area contributed by atoms with Crippen molar-refractivity contribution in [1.29, 1.82) is 0 Å². The van der Waals surface area contributed by atoms with Crippen molar-refractivity contribution in [2.45, 2.75) is 19.5 Å². The number of hydrogen-bond acceptors (Lipinski definition) is 5. The highest BCUT2D eigenvalue weighted by molar-refractivity contribution is 5.52. The summed E-state index contributed by atoms with van der Waals surface area (Å²) < 4.78 is 24.7. The van der Waals surface area contributed by atoms with E-state index in [-0.39, 0.29) is 11.9 Å². The highest BCUT2D eigenvalue weighted by Crippen LogP contribution is 2.29. The second kappa shape index (κ2) is 6.64. The van der Waals surface area contributed by atoms with Crippen LogP contribution in [0.1, 0.15) is 24.4 Å². The second-order valence-corrected chi connectivity index (χ2v) is 6.07. The molecule has 0 aliphatic carbocycles. The number of nitrogens with zero attached hydrogens (tertiary/aromatic N) is 3. The summed E-state index contributed by atoms with van der Waals surface area (Å²) in [7, 11) is 0. The summed E-state index contributed by atoms with van der Waals surface area (Å²) in [5.74, 6) is 1.58. The fourth-order valence-corrected chi connectivity index (χ4v) is 2.98. The first-order chi connectivity index (χ1) is 12.2. The summed E-state index contributed by atoms with van der Waals surface area (Å²) in [6, 6.07) is 14.2. The first kappa shape index (κ1) is 15.8. The van der Waals surface area contributed by atoms with E-state index in [0.29, 0.717) is 31.4 Å². The van der Waals surface area contributed by atoms with Crippen molar-refractivity contribution in [1.82, 2.24) is 15.0 Å². The van der Waals surface area contributed by atoms with Crippen molar-refractivity contribution in [3.63, 3.8) is 0 Å². The average Bonchev–Trinajstić information content (AvgIpc) is 3.03. The number of aromatic nitrogens is 2. The van der Waals surface area contributed by atoms with Gasteiger partial charge in [-0.2, -0.15) is 4.98 Å². The van der Waals surface area contributed by atoms with Gasteiger partial charge in [0.25, 0.3) is 5.89 Å². The van der Waals surface area contributed by atoms with Crippen LogP contribution in [0.3, 0.4) is 0 Å². The van der Waals surface area contributed by atoms with Crippen LogP contribution >= 0.6 is 0 Å². The molecule has 0 amide bonds. The third kappa shape index (κ3) is 3.25. The fourth-order valence-electron chi connectivity index (χ4n) is 2.98. The van der Waals surface area contributed by atoms with E-state index in [0.717, 1.165) is 16.9 Å². The molecule has 5 nitrogen and oxygen atoms in total. The van der Waals surface area contributed by atoms with E-state index < -0.39 is 0 Å². The standard InChI is InChI=1S/C19H18FN3O2/c1-13(18-21-19(25-22-18)14-5-3-2-4-6-14)23-9-10-24-17-8-7-16(20)11-15(17)12-23/h2-8,11,13H,9-10,12H2,1H3. The maximum atomic E-state index is 13.6. The molecular formula is C19H18FN3O2. The molecule has 3 aromatic rings. The predicted molar refractivity (Wildman–Crippen MR) is 90.5 cm³/mol. The zero-order chi connectivity index (χ0) is 17.2. The van der Waals surface area contributed by atoms with Gasteiger partial charge in [-0.15, -0.1) is 0 Å². The average molecular weight is 339 g/mol. The van der Waals surface area contributed by atoms with Crippen LogP contribution in [0.5, 0.6) is 5.75 Å². The van der Waals surface area contributed by atoms with E-state index >= 15 is 0 Å². The number of fused-ring (bicyclic) bond motifs is 1. The molecule has 0 saturated heterocycles. The largest absolute Gasteiger partial charge is 0.492 e. The second-order valence-electron chi connectivity index (χ2n) is 6.07. The molecular weight excluding hydrogens is 321 g/mol. The van der Waals surface area contributed by atoms with E-state index in [9.17, 15) is 4.39 Å². The Morgan fingerprint density at radius 3 is 2.84 bits per heavy atom. The van der Waals surface area contributed by atoms with Gasteiger partial charge in [0.2, 0.25) is 0 Å². The van der Waals surface area contributed by atoms with Crippen LogP contribution < -0.4 is 4.74 Å². The molecule has 0 fully saturated rings. The summed E-state index contributed by atoms with van der Waals surface area (Å²) >= 11 is 0. The Hall–Kier alpha value is -2.73. The van der Waals surface area contributed by atoms with Crippen LogP contribution in [-0.2, 0) is 6.54 Å². The van der Waals surface area contributed by atoms with Crippen molar-refractivity contribution in [3.8, 4) is 17.2 Å². The molecule has 0 bridgehead atoms. The van der Waals surface area contributed by atoms with Gasteiger partial charge in [-0.05, 0) is 37.3 Å². The SMILES string of the molecule is CC(c1noc(-c2ccccc2)n1)N1CCOc2ccc(F)cc2C1. The number of benzene rings is 2. The lowest BCUT2D eigenvalue weighted by Gasteiger charge is -2.24. The van der Waals surface area contributed by atoms with Gasteiger partial charge in [-0.3, -0.25) is 4.90 Å². The van der Waals surface area contributed by atoms with Gasteiger partial charge in [-0.1, -0.05) is 23.4 Å². The summed E-state index contributed by atoms with van der Waals surface area (Å²) in [5.41, 5.74) is 1.72. The first-order valence-corrected chi connectivity index (χ1v) is 8.25. The van der Waals surface area contributed by atoms with Gasteiger partial charge in [-0.25, -0.2) is 4.39 Å². The summed E-state index contributed by atoms with van der Waals surface area (Å²) in [4.78, 5) is 6.68. The van der Waals surface area contributed by atoms with Crippen LogP contribution in [0.4, 0.5) is 4.39 Å². The smallest absolute Gasteiger partial charge is 0.257 e. The van der Waals surface area contributed by atoms with Crippen molar-refractivity contribution >= 4 is 0 Å². The molecule has 1 unspecified atom stereocenters. The lowest BCUT2D eigenvalue weighted by Crippen LogP contribution is -2.29. The topological polar surface area (TPSA) is 51.4 Å². The van der Waals surface area contributed by atoms with Gasteiger partial charge in [0.05, 0.1) is 6.04 Å². The van der Waals surface area contributed by atoms with Gasteiger partial charge in [0.15, 0.2) is 5.82 Å². The number of rotatable bonds is 3. The number of halogens is 1. The molecule has 0 N–H and O–H groups in total. The monoisotopic (exact) mass is 339 g/mol. The number of hydrogen-bond donors (Lipinski definition) is 0. The Balaban J connectivity index is 1.57.